The normalized spacial score (nSPS) is 23.5. The second kappa shape index (κ2) is 7.53. The molecular weight excluding hydrogens is 152 g/mol. The lowest BCUT2D eigenvalue weighted by Crippen LogP contribution is -2.33. The first kappa shape index (κ1) is 11.9. The highest BCUT2D eigenvalue weighted by Crippen LogP contribution is 2.04. The summed E-state index contributed by atoms with van der Waals surface area (Å²) in [5.74, 6) is 0. The first-order valence-corrected chi connectivity index (χ1v) is 4.85. The van der Waals surface area contributed by atoms with Crippen LogP contribution >= 0.6 is 0 Å². The summed E-state index contributed by atoms with van der Waals surface area (Å²) in [5.41, 5.74) is 0. The Morgan fingerprint density at radius 3 is 2.58 bits per heavy atom. The van der Waals surface area contributed by atoms with Gasteiger partial charge in [0.2, 0.25) is 0 Å². The molecule has 2 N–H and O–H groups in total. The van der Waals surface area contributed by atoms with E-state index in [9.17, 15) is 0 Å². The fourth-order valence-electron chi connectivity index (χ4n) is 1.37. The van der Waals surface area contributed by atoms with Crippen LogP contribution in [0.4, 0.5) is 0 Å². The van der Waals surface area contributed by atoms with Gasteiger partial charge in [0.05, 0.1) is 6.61 Å². The van der Waals surface area contributed by atoms with Crippen molar-refractivity contribution in [2.24, 2.45) is 0 Å². The van der Waals surface area contributed by atoms with Gasteiger partial charge in [0.15, 0.2) is 0 Å². The maximum Gasteiger partial charge on any atom is 0.0556 e. The van der Waals surface area contributed by atoms with Gasteiger partial charge in [-0.1, -0.05) is 13.8 Å². The molecule has 1 aliphatic rings. The molecule has 0 aromatic heterocycles. The minimum Gasteiger partial charge on any atom is -0.395 e. The van der Waals surface area contributed by atoms with E-state index in [-0.39, 0.29) is 6.61 Å². The summed E-state index contributed by atoms with van der Waals surface area (Å²) in [6.07, 6.45) is 1.22. The molecule has 1 unspecified atom stereocenters. The Kier molecular flexibility index (Phi) is 7.45. The molecule has 0 aromatic rings. The predicted molar refractivity (Wildman–Crippen MR) is 52.3 cm³/mol. The molecule has 74 valence electrons. The van der Waals surface area contributed by atoms with Crippen molar-refractivity contribution in [3.8, 4) is 0 Å². The lowest BCUT2D eigenvalue weighted by molar-refractivity contribution is 0.283. The Bertz CT molecular complexity index is 98.5. The maximum absolute atomic E-state index is 8.52. The highest BCUT2D eigenvalue weighted by atomic mass is 16.3. The van der Waals surface area contributed by atoms with Gasteiger partial charge in [-0.25, -0.2) is 0 Å². The average molecular weight is 174 g/mol. The fraction of sp³-hybridized carbons (Fsp3) is 1.00. The molecular formula is C9H22N2O. The summed E-state index contributed by atoms with van der Waals surface area (Å²) < 4.78 is 0. The van der Waals surface area contributed by atoms with Crippen LogP contribution in [-0.4, -0.2) is 49.3 Å². The fourth-order valence-corrected chi connectivity index (χ4v) is 1.37. The van der Waals surface area contributed by atoms with Crippen LogP contribution in [0.5, 0.6) is 0 Å². The zero-order chi connectivity index (χ0) is 9.40. The van der Waals surface area contributed by atoms with Crippen LogP contribution in [0.2, 0.25) is 0 Å². The third-order valence-corrected chi connectivity index (χ3v) is 1.94. The van der Waals surface area contributed by atoms with E-state index in [4.69, 9.17) is 5.11 Å². The van der Waals surface area contributed by atoms with Crippen LogP contribution in [0.3, 0.4) is 0 Å². The molecule has 12 heavy (non-hydrogen) atoms. The minimum atomic E-state index is 0.250. The van der Waals surface area contributed by atoms with Gasteiger partial charge in [-0.2, -0.15) is 0 Å². The smallest absolute Gasteiger partial charge is 0.0556 e. The second-order valence-corrected chi connectivity index (χ2v) is 2.93. The van der Waals surface area contributed by atoms with Gasteiger partial charge in [-0.15, -0.1) is 0 Å². The molecule has 0 saturated carbocycles. The molecule has 0 bridgehead atoms. The van der Waals surface area contributed by atoms with Gasteiger partial charge >= 0.3 is 0 Å². The average Bonchev–Trinajstić information content (AvgIpc) is 2.51. The Balaban J connectivity index is 0.000000561. The Morgan fingerprint density at radius 1 is 1.50 bits per heavy atom. The lowest BCUT2D eigenvalue weighted by atomic mass is 10.3. The van der Waals surface area contributed by atoms with E-state index in [1.165, 1.54) is 13.0 Å². The van der Waals surface area contributed by atoms with E-state index in [0.717, 1.165) is 13.1 Å². The summed E-state index contributed by atoms with van der Waals surface area (Å²) in [4.78, 5) is 2.30. The zero-order valence-corrected chi connectivity index (χ0v) is 8.51. The molecule has 1 aliphatic heterocycles. The Labute approximate surface area is 75.8 Å². The number of nitrogens with one attached hydrogen (secondary N) is 1. The molecule has 0 aliphatic carbocycles. The number of aliphatic hydroxyl groups excluding tert-OH is 1. The first-order valence-electron chi connectivity index (χ1n) is 4.85. The van der Waals surface area contributed by atoms with Crippen molar-refractivity contribution in [2.45, 2.75) is 26.3 Å². The van der Waals surface area contributed by atoms with Crippen LogP contribution in [-0.2, 0) is 0 Å². The summed E-state index contributed by atoms with van der Waals surface area (Å²) >= 11 is 0. The van der Waals surface area contributed by atoms with Crippen molar-refractivity contribution < 1.29 is 5.11 Å². The monoisotopic (exact) mass is 174 g/mol. The molecule has 3 nitrogen and oxygen atoms in total. The molecule has 1 rings (SSSR count). The van der Waals surface area contributed by atoms with Gasteiger partial charge in [0, 0.05) is 19.1 Å². The highest BCUT2D eigenvalue weighted by Gasteiger charge is 2.17. The maximum atomic E-state index is 8.52. The molecule has 3 heteroatoms. The van der Waals surface area contributed by atoms with Gasteiger partial charge < -0.3 is 15.3 Å². The van der Waals surface area contributed by atoms with Crippen LogP contribution in [0, 0.1) is 0 Å². The molecule has 0 aromatic carbocycles. The van der Waals surface area contributed by atoms with E-state index < -0.39 is 0 Å². The first-order chi connectivity index (χ1) is 5.83. The largest absolute Gasteiger partial charge is 0.395 e. The predicted octanol–water partition coefficient (Wildman–Crippen LogP) is 0.299. The topological polar surface area (TPSA) is 35.5 Å². The standard InChI is InChI=1S/C7H16N2O.C2H6/c1-9-4-2-7(6-9)8-3-5-10;1-2/h7-8,10H,2-6H2,1H3;1-2H3. The number of rotatable bonds is 3. The molecule has 1 heterocycles. The van der Waals surface area contributed by atoms with E-state index in [1.54, 1.807) is 0 Å². The van der Waals surface area contributed by atoms with Crippen molar-refractivity contribution in [3.05, 3.63) is 0 Å². The molecule has 0 spiro atoms. The zero-order valence-electron chi connectivity index (χ0n) is 8.51. The van der Waals surface area contributed by atoms with Gasteiger partial charge in [-0.3, -0.25) is 0 Å². The van der Waals surface area contributed by atoms with Crippen molar-refractivity contribution >= 4 is 0 Å². The molecule has 1 saturated heterocycles. The number of likely N-dealkylation sites (N-methyl/N-ethyl adjacent to an activating group) is 1. The number of hydrogen-bond acceptors (Lipinski definition) is 3. The van der Waals surface area contributed by atoms with Crippen LogP contribution in [0.1, 0.15) is 20.3 Å². The van der Waals surface area contributed by atoms with Gasteiger partial charge in [-0.05, 0) is 20.0 Å². The summed E-state index contributed by atoms with van der Waals surface area (Å²) in [6.45, 7) is 7.29. The van der Waals surface area contributed by atoms with Gasteiger partial charge in [0.1, 0.15) is 0 Å². The quantitative estimate of drug-likeness (QED) is 0.646. The number of aliphatic hydroxyl groups is 1. The summed E-state index contributed by atoms with van der Waals surface area (Å²) in [5, 5.41) is 11.8. The highest BCUT2D eigenvalue weighted by molar-refractivity contribution is 4.78. The number of hydrogen-bond donors (Lipinski definition) is 2. The molecule has 0 radical (unpaired) electrons. The van der Waals surface area contributed by atoms with Crippen molar-refractivity contribution in [1.29, 1.82) is 0 Å². The Hall–Kier alpha value is -0.120. The van der Waals surface area contributed by atoms with Crippen LogP contribution in [0.15, 0.2) is 0 Å². The molecule has 1 fully saturated rings. The second-order valence-electron chi connectivity index (χ2n) is 2.93. The molecule has 0 amide bonds. The van der Waals surface area contributed by atoms with Crippen LogP contribution < -0.4 is 5.32 Å². The lowest BCUT2D eigenvalue weighted by Gasteiger charge is -2.10. The van der Waals surface area contributed by atoms with Crippen molar-refractivity contribution in [3.63, 3.8) is 0 Å². The third kappa shape index (κ3) is 4.70. The SMILES string of the molecule is CC.CN1CCC(NCCO)C1. The number of nitrogens with zero attached hydrogens (tertiary/aromatic N) is 1. The van der Waals surface area contributed by atoms with Crippen molar-refractivity contribution in [1.82, 2.24) is 10.2 Å². The molecule has 1 atom stereocenters. The van der Waals surface area contributed by atoms with Gasteiger partial charge in [0.25, 0.3) is 0 Å². The van der Waals surface area contributed by atoms with Crippen molar-refractivity contribution in [2.75, 3.05) is 33.3 Å². The van der Waals surface area contributed by atoms with Crippen LogP contribution in [0.25, 0.3) is 0 Å². The number of likely N-dealkylation sites (tertiary alicyclic amines) is 1. The summed E-state index contributed by atoms with van der Waals surface area (Å²) in [6, 6.07) is 0.608. The van der Waals surface area contributed by atoms with E-state index >= 15 is 0 Å². The third-order valence-electron chi connectivity index (χ3n) is 1.94. The van der Waals surface area contributed by atoms with E-state index in [2.05, 4.69) is 17.3 Å². The van der Waals surface area contributed by atoms with E-state index in [0.29, 0.717) is 6.04 Å². The van der Waals surface area contributed by atoms with E-state index in [1.807, 2.05) is 13.8 Å². The minimum absolute atomic E-state index is 0.250. The Morgan fingerprint density at radius 2 is 2.17 bits per heavy atom. The summed E-state index contributed by atoms with van der Waals surface area (Å²) in [7, 11) is 2.13.